The minimum absolute atomic E-state index is 0.0191. The predicted molar refractivity (Wildman–Crippen MR) is 114 cm³/mol. The predicted octanol–water partition coefficient (Wildman–Crippen LogP) is 2.95. The molecule has 0 aromatic heterocycles. The van der Waals surface area contributed by atoms with Gasteiger partial charge < -0.3 is 20.7 Å². The molecule has 3 N–H and O–H groups in total. The van der Waals surface area contributed by atoms with Crippen molar-refractivity contribution in [1.29, 1.82) is 0 Å². The van der Waals surface area contributed by atoms with E-state index in [1.807, 2.05) is 62.4 Å². The lowest BCUT2D eigenvalue weighted by atomic mass is 9.83. The van der Waals surface area contributed by atoms with Crippen molar-refractivity contribution in [3.8, 4) is 5.75 Å². The van der Waals surface area contributed by atoms with E-state index in [4.69, 9.17) is 10.5 Å². The van der Waals surface area contributed by atoms with Crippen molar-refractivity contribution in [3.63, 3.8) is 0 Å². The first-order valence-corrected chi connectivity index (χ1v) is 9.97. The third-order valence-corrected chi connectivity index (χ3v) is 5.45. The number of aryl methyl sites for hydroxylation is 1. The number of anilines is 1. The lowest BCUT2D eigenvalue weighted by Gasteiger charge is -2.41. The number of nitrogens with zero attached hydrogens (tertiary/aromatic N) is 1. The number of amides is 2. The second kappa shape index (κ2) is 9.09. The number of nitrogens with one attached hydrogen (secondary N) is 1. The number of ether oxygens (including phenoxy) is 1. The smallest absolute Gasteiger partial charge is 0.227 e. The molecule has 1 heterocycles. The van der Waals surface area contributed by atoms with Crippen molar-refractivity contribution in [1.82, 2.24) is 5.32 Å². The number of rotatable bonds is 6. The molecule has 0 aliphatic carbocycles. The van der Waals surface area contributed by atoms with Gasteiger partial charge in [-0.1, -0.05) is 29.8 Å². The Bertz CT molecular complexity index is 849. The third kappa shape index (κ3) is 4.59. The Morgan fingerprint density at radius 2 is 1.86 bits per heavy atom. The van der Waals surface area contributed by atoms with Gasteiger partial charge in [0.25, 0.3) is 0 Å². The van der Waals surface area contributed by atoms with Gasteiger partial charge in [0.05, 0.1) is 19.1 Å². The molecule has 2 aromatic carbocycles. The maximum atomic E-state index is 13.1. The molecule has 1 aliphatic heterocycles. The molecule has 3 rings (SSSR count). The number of carbonyl (C=O) groups excluding carboxylic acids is 2. The summed E-state index contributed by atoms with van der Waals surface area (Å²) >= 11 is 0. The van der Waals surface area contributed by atoms with Crippen molar-refractivity contribution in [2.75, 3.05) is 18.6 Å². The zero-order chi connectivity index (χ0) is 21.0. The molecule has 0 radical (unpaired) electrons. The first kappa shape index (κ1) is 20.9. The molecule has 0 bridgehead atoms. The van der Waals surface area contributed by atoms with Crippen molar-refractivity contribution < 1.29 is 14.3 Å². The monoisotopic (exact) mass is 395 g/mol. The molecular weight excluding hydrogens is 366 g/mol. The van der Waals surface area contributed by atoms with Crippen LogP contribution in [0.1, 0.15) is 36.9 Å². The maximum Gasteiger partial charge on any atom is 0.227 e. The zero-order valence-corrected chi connectivity index (χ0v) is 17.2. The van der Waals surface area contributed by atoms with Gasteiger partial charge in [0.2, 0.25) is 11.8 Å². The highest BCUT2D eigenvalue weighted by Gasteiger charge is 2.41. The molecule has 1 fully saturated rings. The number of hydrogen-bond donors (Lipinski definition) is 2. The van der Waals surface area contributed by atoms with Crippen molar-refractivity contribution in [2.24, 2.45) is 11.7 Å². The van der Waals surface area contributed by atoms with Crippen LogP contribution in [0.15, 0.2) is 48.5 Å². The van der Waals surface area contributed by atoms with Crippen LogP contribution in [-0.2, 0) is 9.59 Å². The molecule has 3 atom stereocenters. The number of methoxy groups -OCH3 is 1. The van der Waals surface area contributed by atoms with Gasteiger partial charge in [0.15, 0.2) is 0 Å². The summed E-state index contributed by atoms with van der Waals surface area (Å²) in [5, 5.41) is 2.99. The van der Waals surface area contributed by atoms with Gasteiger partial charge in [-0.25, -0.2) is 0 Å². The van der Waals surface area contributed by atoms with Crippen LogP contribution in [0.5, 0.6) is 5.75 Å². The van der Waals surface area contributed by atoms with Crippen LogP contribution in [0.3, 0.4) is 0 Å². The summed E-state index contributed by atoms with van der Waals surface area (Å²) in [5.41, 5.74) is 8.50. The third-order valence-electron chi connectivity index (χ3n) is 5.45. The van der Waals surface area contributed by atoms with Crippen molar-refractivity contribution in [3.05, 3.63) is 59.7 Å². The van der Waals surface area contributed by atoms with E-state index >= 15 is 0 Å². The summed E-state index contributed by atoms with van der Waals surface area (Å²) in [6.07, 6.45) is 0.830. The van der Waals surface area contributed by atoms with Crippen LogP contribution >= 0.6 is 0 Å². The topological polar surface area (TPSA) is 84.7 Å². The fraction of sp³-hybridized carbons (Fsp3) is 0.391. The highest BCUT2D eigenvalue weighted by molar-refractivity contribution is 5.97. The Morgan fingerprint density at radius 1 is 1.21 bits per heavy atom. The highest BCUT2D eigenvalue weighted by atomic mass is 16.5. The first-order valence-electron chi connectivity index (χ1n) is 9.97. The second-order valence-corrected chi connectivity index (χ2v) is 7.61. The first-order chi connectivity index (χ1) is 13.9. The molecule has 1 aliphatic rings. The zero-order valence-electron chi connectivity index (χ0n) is 17.2. The molecule has 2 unspecified atom stereocenters. The van der Waals surface area contributed by atoms with Gasteiger partial charge in [0.1, 0.15) is 5.75 Å². The van der Waals surface area contributed by atoms with E-state index in [1.165, 1.54) is 0 Å². The van der Waals surface area contributed by atoms with E-state index in [9.17, 15) is 9.59 Å². The van der Waals surface area contributed by atoms with E-state index in [2.05, 4.69) is 5.32 Å². The van der Waals surface area contributed by atoms with Crippen LogP contribution in [-0.4, -0.2) is 31.5 Å². The normalized spacial score (nSPS) is 20.3. The van der Waals surface area contributed by atoms with Crippen LogP contribution in [0.2, 0.25) is 0 Å². The largest absolute Gasteiger partial charge is 0.497 e. The summed E-state index contributed by atoms with van der Waals surface area (Å²) in [6, 6.07) is 14.9. The fourth-order valence-electron chi connectivity index (χ4n) is 3.77. The molecule has 154 valence electrons. The highest BCUT2D eigenvalue weighted by Crippen LogP contribution is 2.40. The number of piperidine rings is 1. The minimum Gasteiger partial charge on any atom is -0.497 e. The lowest BCUT2D eigenvalue weighted by molar-refractivity contribution is -0.129. The molecule has 0 spiro atoms. The Labute approximate surface area is 172 Å². The van der Waals surface area contributed by atoms with Crippen LogP contribution in [0.4, 0.5) is 5.69 Å². The Morgan fingerprint density at radius 3 is 2.45 bits per heavy atom. The van der Waals surface area contributed by atoms with E-state index in [0.717, 1.165) is 22.6 Å². The molecule has 6 nitrogen and oxygen atoms in total. The maximum absolute atomic E-state index is 13.1. The average Bonchev–Trinajstić information content (AvgIpc) is 2.74. The number of carbonyl (C=O) groups is 2. The standard InChI is InChI=1S/C23H29N3O3/c1-15-4-8-18(9-5-15)26-21(27)13-12-20(23(28)25-16(2)14-24)22(26)17-6-10-19(29-3)11-7-17/h4-11,16,20,22H,12-14,24H2,1-3H3,(H,25,28)/t16-,20?,22?/m0/s1. The van der Waals surface area contributed by atoms with Gasteiger partial charge in [0, 0.05) is 24.7 Å². The molecule has 1 saturated heterocycles. The average molecular weight is 396 g/mol. The molecular formula is C23H29N3O3. The number of hydrogen-bond acceptors (Lipinski definition) is 4. The lowest BCUT2D eigenvalue weighted by Crippen LogP contribution is -2.50. The van der Waals surface area contributed by atoms with E-state index < -0.39 is 6.04 Å². The van der Waals surface area contributed by atoms with Crippen LogP contribution in [0.25, 0.3) is 0 Å². The summed E-state index contributed by atoms with van der Waals surface area (Å²) < 4.78 is 5.27. The van der Waals surface area contributed by atoms with Gasteiger partial charge in [-0.05, 0) is 50.1 Å². The van der Waals surface area contributed by atoms with Crippen molar-refractivity contribution >= 4 is 17.5 Å². The van der Waals surface area contributed by atoms with Gasteiger partial charge in [-0.15, -0.1) is 0 Å². The van der Waals surface area contributed by atoms with E-state index in [0.29, 0.717) is 19.4 Å². The quantitative estimate of drug-likeness (QED) is 0.788. The number of benzene rings is 2. The molecule has 2 aromatic rings. The Hall–Kier alpha value is -2.86. The molecule has 0 saturated carbocycles. The number of nitrogens with two attached hydrogens (primary N) is 1. The van der Waals surface area contributed by atoms with Crippen molar-refractivity contribution in [2.45, 2.75) is 38.8 Å². The molecule has 2 amide bonds. The summed E-state index contributed by atoms with van der Waals surface area (Å²) in [7, 11) is 1.61. The van der Waals surface area contributed by atoms with E-state index in [1.54, 1.807) is 12.0 Å². The van der Waals surface area contributed by atoms with Crippen LogP contribution < -0.4 is 20.7 Å². The SMILES string of the molecule is COc1ccc(C2C(C(=O)N[C@@H](C)CN)CCC(=O)N2c2ccc(C)cc2)cc1. The molecule has 6 heteroatoms. The Balaban J connectivity index is 2.03. The minimum atomic E-state index is -0.394. The summed E-state index contributed by atoms with van der Waals surface area (Å²) in [4.78, 5) is 27.8. The van der Waals surface area contributed by atoms with Gasteiger partial charge in [-0.2, -0.15) is 0 Å². The summed E-state index contributed by atoms with van der Waals surface area (Å²) in [6.45, 7) is 4.26. The second-order valence-electron chi connectivity index (χ2n) is 7.61. The summed E-state index contributed by atoms with van der Waals surface area (Å²) in [5.74, 6) is 0.311. The van der Waals surface area contributed by atoms with Gasteiger partial charge >= 0.3 is 0 Å². The van der Waals surface area contributed by atoms with Gasteiger partial charge in [-0.3, -0.25) is 9.59 Å². The fourth-order valence-corrected chi connectivity index (χ4v) is 3.77. The van der Waals surface area contributed by atoms with E-state index in [-0.39, 0.29) is 23.8 Å². The molecule has 29 heavy (non-hydrogen) atoms. The Kier molecular flexibility index (Phi) is 6.54. The van der Waals surface area contributed by atoms with Crippen LogP contribution in [0, 0.1) is 12.8 Å².